The molecule has 2 aromatic rings. The number of nitrogens with zero attached hydrogens (tertiary/aromatic N) is 3. The summed E-state index contributed by atoms with van der Waals surface area (Å²) in [6.07, 6.45) is 7.80. The predicted octanol–water partition coefficient (Wildman–Crippen LogP) is 4.79. The van der Waals surface area contributed by atoms with Crippen molar-refractivity contribution in [2.75, 3.05) is 28.8 Å². The third-order valence-electron chi connectivity index (χ3n) is 8.31. The van der Waals surface area contributed by atoms with E-state index in [1.807, 2.05) is 38.0 Å². The van der Waals surface area contributed by atoms with Crippen LogP contribution in [-0.2, 0) is 25.5 Å². The molecule has 2 bridgehead atoms. The van der Waals surface area contributed by atoms with Crippen molar-refractivity contribution in [2.24, 2.45) is 0 Å². The third-order valence-corrected chi connectivity index (χ3v) is 8.31. The summed E-state index contributed by atoms with van der Waals surface area (Å²) in [6.45, 7) is 4.97. The van der Waals surface area contributed by atoms with E-state index in [1.165, 1.54) is 18.5 Å². The van der Waals surface area contributed by atoms with Gasteiger partial charge in [-0.05, 0) is 76.6 Å². The summed E-state index contributed by atoms with van der Waals surface area (Å²) >= 11 is 0. The molecule has 0 aliphatic carbocycles. The van der Waals surface area contributed by atoms with E-state index in [9.17, 15) is 4.79 Å². The number of piperidine rings is 1. The molecule has 3 fully saturated rings. The van der Waals surface area contributed by atoms with E-state index in [0.29, 0.717) is 37.8 Å². The number of amides is 1. The summed E-state index contributed by atoms with van der Waals surface area (Å²) in [5.74, 6) is 0.795. The molecule has 0 saturated carbocycles. The average Bonchev–Trinajstić information content (AvgIpc) is 3.07. The highest BCUT2D eigenvalue weighted by Gasteiger charge is 2.41. The van der Waals surface area contributed by atoms with Gasteiger partial charge in [0.2, 0.25) is 0 Å². The number of hydrogen-bond acceptors (Lipinski definition) is 7. The van der Waals surface area contributed by atoms with Gasteiger partial charge in [-0.25, -0.2) is 4.98 Å². The van der Waals surface area contributed by atoms with E-state index >= 15 is 0 Å². The van der Waals surface area contributed by atoms with Crippen LogP contribution in [0.2, 0.25) is 0 Å². The first-order chi connectivity index (χ1) is 18.0. The van der Waals surface area contributed by atoms with Crippen LogP contribution in [0.25, 0.3) is 0 Å². The fourth-order valence-electron chi connectivity index (χ4n) is 6.60. The number of rotatable bonds is 5. The van der Waals surface area contributed by atoms with Gasteiger partial charge in [0.1, 0.15) is 11.9 Å². The first-order valence-corrected chi connectivity index (χ1v) is 13.7. The topological polar surface area (TPSA) is 76.2 Å². The van der Waals surface area contributed by atoms with Gasteiger partial charge in [0.05, 0.1) is 42.8 Å². The largest absolute Gasteiger partial charge is 0.381 e. The number of carbonyl (C=O) groups is 1. The van der Waals surface area contributed by atoms with Crippen LogP contribution in [0.1, 0.15) is 57.9 Å². The van der Waals surface area contributed by atoms with Crippen molar-refractivity contribution in [1.29, 1.82) is 0 Å². The van der Waals surface area contributed by atoms with Crippen LogP contribution in [-0.4, -0.2) is 61.1 Å². The molecule has 198 valence electrons. The molecule has 5 atom stereocenters. The zero-order valence-electron chi connectivity index (χ0n) is 22.1. The molecule has 1 N–H and O–H groups in total. The normalized spacial score (nSPS) is 28.9. The molecule has 4 aliphatic rings. The lowest BCUT2D eigenvalue weighted by molar-refractivity contribution is -0.143. The van der Waals surface area contributed by atoms with Crippen LogP contribution in [0.3, 0.4) is 0 Å². The van der Waals surface area contributed by atoms with Crippen LogP contribution in [0.4, 0.5) is 22.9 Å². The van der Waals surface area contributed by atoms with Gasteiger partial charge in [0.15, 0.2) is 0 Å². The summed E-state index contributed by atoms with van der Waals surface area (Å²) in [6, 6.07) is 11.4. The highest BCUT2D eigenvalue weighted by Crippen LogP contribution is 2.44. The highest BCUT2D eigenvalue weighted by molar-refractivity contribution is 6.01. The fraction of sp³-hybridized carbons (Fsp3) is 0.586. The molecule has 3 saturated heterocycles. The summed E-state index contributed by atoms with van der Waals surface area (Å²) in [5.41, 5.74) is 3.95. The Hall–Kier alpha value is -2.68. The van der Waals surface area contributed by atoms with Gasteiger partial charge < -0.3 is 29.3 Å². The number of benzene rings is 1. The second-order valence-electron chi connectivity index (χ2n) is 11.1. The zero-order valence-corrected chi connectivity index (χ0v) is 22.1. The van der Waals surface area contributed by atoms with Crippen LogP contribution < -0.4 is 15.1 Å². The molecule has 8 heteroatoms. The lowest BCUT2D eigenvalue weighted by Crippen LogP contribution is -2.46. The summed E-state index contributed by atoms with van der Waals surface area (Å²) < 4.78 is 17.7. The van der Waals surface area contributed by atoms with Gasteiger partial charge in [-0.3, -0.25) is 4.79 Å². The maximum absolute atomic E-state index is 14.0. The van der Waals surface area contributed by atoms with E-state index < -0.39 is 6.10 Å². The Bertz CT molecular complexity index is 1120. The Balaban J connectivity index is 1.30. The van der Waals surface area contributed by atoms with E-state index in [1.54, 1.807) is 6.20 Å². The summed E-state index contributed by atoms with van der Waals surface area (Å²) in [4.78, 5) is 23.0. The van der Waals surface area contributed by atoms with E-state index in [-0.39, 0.29) is 18.1 Å². The second kappa shape index (κ2) is 10.2. The van der Waals surface area contributed by atoms with Crippen molar-refractivity contribution < 1.29 is 19.0 Å². The molecule has 37 heavy (non-hydrogen) atoms. The minimum absolute atomic E-state index is 0.000892. The Labute approximate surface area is 219 Å². The number of aromatic nitrogens is 1. The van der Waals surface area contributed by atoms with Gasteiger partial charge in [-0.2, -0.15) is 0 Å². The molecule has 1 aromatic carbocycles. The maximum atomic E-state index is 14.0. The molecule has 0 unspecified atom stereocenters. The van der Waals surface area contributed by atoms with Crippen molar-refractivity contribution in [3.05, 3.63) is 42.1 Å². The second-order valence-corrected chi connectivity index (χ2v) is 11.1. The summed E-state index contributed by atoms with van der Waals surface area (Å²) in [7, 11) is 1.83. The SMILES string of the molecule is CO[C@@H]1C[C@H]2CC[C@@H](C1)N2c1ccc2c(c1)N(C(=O)[C@H]1CC[C@H](OC(C)C)CO1)Cc1cccnc1N2. The zero-order chi connectivity index (χ0) is 25.5. The first-order valence-electron chi connectivity index (χ1n) is 13.7. The standard InChI is InChI=1S/C29H38N4O4/c1-18(2)37-23-9-11-27(36-17-23)29(34)32-16-19-5-4-12-30-28(19)31-25-10-8-22(15-26(25)32)33-20-6-7-21(33)14-24(13-20)35-3/h4-5,8,10,12,15,18,20-21,23-24,27H,6-7,9,11,13-14,16-17H2,1-3H3,(H,30,31)/t20-,21+,23-,24-,27+/m0/s1. The Morgan fingerprint density at radius 3 is 2.62 bits per heavy atom. The predicted molar refractivity (Wildman–Crippen MR) is 143 cm³/mol. The lowest BCUT2D eigenvalue weighted by Gasteiger charge is -2.40. The number of carbonyl (C=O) groups excluding carboxylic acids is 1. The van der Waals surface area contributed by atoms with Crippen LogP contribution in [0, 0.1) is 0 Å². The Kier molecular flexibility index (Phi) is 6.82. The number of methoxy groups -OCH3 is 1. The van der Waals surface area contributed by atoms with Crippen molar-refractivity contribution in [3.8, 4) is 0 Å². The number of hydrogen-bond donors (Lipinski definition) is 1. The third kappa shape index (κ3) is 4.82. The Morgan fingerprint density at radius 1 is 1.11 bits per heavy atom. The molecule has 5 heterocycles. The Morgan fingerprint density at radius 2 is 1.92 bits per heavy atom. The fourth-order valence-corrected chi connectivity index (χ4v) is 6.60. The van der Waals surface area contributed by atoms with E-state index in [4.69, 9.17) is 14.2 Å². The molecule has 1 amide bonds. The smallest absolute Gasteiger partial charge is 0.256 e. The van der Waals surface area contributed by atoms with Gasteiger partial charge in [0, 0.05) is 36.6 Å². The van der Waals surface area contributed by atoms with Crippen LogP contribution in [0.15, 0.2) is 36.5 Å². The van der Waals surface area contributed by atoms with Crippen molar-refractivity contribution in [3.63, 3.8) is 0 Å². The lowest BCUT2D eigenvalue weighted by atomic mass is 9.98. The maximum Gasteiger partial charge on any atom is 0.256 e. The van der Waals surface area contributed by atoms with Gasteiger partial charge in [-0.15, -0.1) is 0 Å². The minimum Gasteiger partial charge on any atom is -0.381 e. The monoisotopic (exact) mass is 506 g/mol. The number of pyridine rings is 1. The van der Waals surface area contributed by atoms with Gasteiger partial charge in [-0.1, -0.05) is 6.07 Å². The minimum atomic E-state index is -0.477. The number of ether oxygens (including phenoxy) is 3. The van der Waals surface area contributed by atoms with Crippen molar-refractivity contribution in [2.45, 2.75) is 95.4 Å². The van der Waals surface area contributed by atoms with Gasteiger partial charge in [0.25, 0.3) is 5.91 Å². The van der Waals surface area contributed by atoms with Crippen LogP contribution in [0.5, 0.6) is 0 Å². The number of anilines is 4. The van der Waals surface area contributed by atoms with Crippen LogP contribution >= 0.6 is 0 Å². The molecular weight excluding hydrogens is 468 g/mol. The average molecular weight is 507 g/mol. The summed E-state index contributed by atoms with van der Waals surface area (Å²) in [5, 5.41) is 3.50. The van der Waals surface area contributed by atoms with Gasteiger partial charge >= 0.3 is 0 Å². The first kappa shape index (κ1) is 24.6. The van der Waals surface area contributed by atoms with Crippen molar-refractivity contribution in [1.82, 2.24) is 4.98 Å². The molecule has 4 aliphatic heterocycles. The number of fused-ring (bicyclic) bond motifs is 4. The quantitative estimate of drug-likeness (QED) is 0.625. The van der Waals surface area contributed by atoms with E-state index in [0.717, 1.165) is 42.0 Å². The molecule has 6 rings (SSSR count). The van der Waals surface area contributed by atoms with Crippen molar-refractivity contribution >= 4 is 28.8 Å². The molecule has 8 nitrogen and oxygen atoms in total. The van der Waals surface area contributed by atoms with E-state index in [2.05, 4.69) is 33.4 Å². The molecule has 0 spiro atoms. The number of nitrogens with one attached hydrogen (secondary N) is 1. The molecule has 0 radical (unpaired) electrons. The molecule has 1 aromatic heterocycles. The highest BCUT2D eigenvalue weighted by atomic mass is 16.5. The molecular formula is C29H38N4O4.